The minimum atomic E-state index is 0.199. The average Bonchev–Trinajstić information content (AvgIpc) is 2.52. The Balaban J connectivity index is 1.66. The third-order valence-electron chi connectivity index (χ3n) is 3.17. The molecule has 0 unspecified atom stereocenters. The predicted molar refractivity (Wildman–Crippen MR) is 94.4 cm³/mol. The van der Waals surface area contributed by atoms with Crippen LogP contribution in [0.15, 0.2) is 27.8 Å². The Hall–Kier alpha value is -1.22. The molecule has 1 aliphatic heterocycles. The highest BCUT2D eigenvalue weighted by atomic mass is 79.9. The zero-order valence-electron chi connectivity index (χ0n) is 12.1. The minimum absolute atomic E-state index is 0.199. The van der Waals surface area contributed by atoms with Crippen LogP contribution in [0.2, 0.25) is 0 Å². The number of halogens is 1. The monoisotopic (exact) mass is 386 g/mol. The molecule has 1 aromatic rings. The summed E-state index contributed by atoms with van der Waals surface area (Å²) in [7, 11) is 0. The predicted octanol–water partition coefficient (Wildman–Crippen LogP) is 1.28. The molecule has 1 aliphatic rings. The molecule has 6 nitrogen and oxygen atoms in total. The van der Waals surface area contributed by atoms with Gasteiger partial charge in [-0.2, -0.15) is 5.10 Å². The highest BCUT2D eigenvalue weighted by molar-refractivity contribution is 9.10. The Morgan fingerprint density at radius 1 is 1.45 bits per heavy atom. The number of nitrogens with one attached hydrogen (secondary N) is 2. The van der Waals surface area contributed by atoms with Gasteiger partial charge < -0.3 is 15.2 Å². The first kappa shape index (κ1) is 17.1. The van der Waals surface area contributed by atoms with Crippen molar-refractivity contribution in [1.82, 2.24) is 15.6 Å². The summed E-state index contributed by atoms with van der Waals surface area (Å²) in [6.45, 7) is 5.24. The van der Waals surface area contributed by atoms with Gasteiger partial charge in [-0.1, -0.05) is 0 Å². The lowest BCUT2D eigenvalue weighted by molar-refractivity contribution is 0.0389. The van der Waals surface area contributed by atoms with Gasteiger partial charge in [-0.05, 0) is 51.9 Å². The standard InChI is InChI=1S/C14H19BrN4O2S/c15-12-9-11(1-2-13(12)20)10-17-18-14(22)16-3-4-19-5-7-21-8-6-19/h1-2,9-10,20H,3-8H2,(H2,16,18,22)/b17-10+. The lowest BCUT2D eigenvalue weighted by Crippen LogP contribution is -2.42. The molecule has 22 heavy (non-hydrogen) atoms. The third kappa shape index (κ3) is 5.88. The van der Waals surface area contributed by atoms with E-state index in [9.17, 15) is 5.11 Å². The number of benzene rings is 1. The van der Waals surface area contributed by atoms with Crippen LogP contribution < -0.4 is 10.7 Å². The molecule has 0 aromatic heterocycles. The normalized spacial score (nSPS) is 15.9. The van der Waals surface area contributed by atoms with Crippen LogP contribution >= 0.6 is 28.1 Å². The number of phenolic OH excluding ortho intramolecular Hbond substituents is 1. The van der Waals surface area contributed by atoms with Crippen molar-refractivity contribution in [3.05, 3.63) is 28.2 Å². The highest BCUT2D eigenvalue weighted by Crippen LogP contribution is 2.23. The number of morpholine rings is 1. The van der Waals surface area contributed by atoms with Gasteiger partial charge in [0.05, 0.1) is 23.9 Å². The van der Waals surface area contributed by atoms with Crippen molar-refractivity contribution in [2.45, 2.75) is 0 Å². The fourth-order valence-corrected chi connectivity index (χ4v) is 2.51. The van der Waals surface area contributed by atoms with E-state index in [1.807, 2.05) is 0 Å². The fraction of sp³-hybridized carbons (Fsp3) is 0.429. The summed E-state index contributed by atoms with van der Waals surface area (Å²) >= 11 is 8.41. The summed E-state index contributed by atoms with van der Waals surface area (Å²) < 4.78 is 5.93. The maximum Gasteiger partial charge on any atom is 0.187 e. The molecule has 0 spiro atoms. The summed E-state index contributed by atoms with van der Waals surface area (Å²) in [5, 5.41) is 17.1. The van der Waals surface area contributed by atoms with Gasteiger partial charge in [0.2, 0.25) is 0 Å². The summed E-state index contributed by atoms with van der Waals surface area (Å²) in [4.78, 5) is 2.33. The van der Waals surface area contributed by atoms with E-state index in [0.29, 0.717) is 9.59 Å². The zero-order valence-corrected chi connectivity index (χ0v) is 14.5. The molecule has 0 radical (unpaired) electrons. The molecule has 0 saturated carbocycles. The molecule has 0 atom stereocenters. The minimum Gasteiger partial charge on any atom is -0.507 e. The summed E-state index contributed by atoms with van der Waals surface area (Å²) in [5.74, 6) is 0.199. The molecule has 1 fully saturated rings. The van der Waals surface area contributed by atoms with E-state index in [-0.39, 0.29) is 5.75 Å². The van der Waals surface area contributed by atoms with Crippen LogP contribution in [0.25, 0.3) is 0 Å². The van der Waals surface area contributed by atoms with Gasteiger partial charge in [0.1, 0.15) is 5.75 Å². The van der Waals surface area contributed by atoms with Crippen LogP contribution in [-0.4, -0.2) is 60.7 Å². The van der Waals surface area contributed by atoms with Crippen molar-refractivity contribution in [3.8, 4) is 5.75 Å². The highest BCUT2D eigenvalue weighted by Gasteiger charge is 2.09. The molecule has 1 heterocycles. The molecular weight excluding hydrogens is 368 g/mol. The molecule has 1 saturated heterocycles. The average molecular weight is 387 g/mol. The second-order valence-corrected chi connectivity index (χ2v) is 6.05. The van der Waals surface area contributed by atoms with Crippen molar-refractivity contribution < 1.29 is 9.84 Å². The number of hydrazone groups is 1. The van der Waals surface area contributed by atoms with Crippen LogP contribution in [0.5, 0.6) is 5.75 Å². The Kier molecular flexibility index (Phi) is 7.04. The number of nitrogens with zero attached hydrogens (tertiary/aromatic N) is 2. The third-order valence-corrected chi connectivity index (χ3v) is 4.04. The summed E-state index contributed by atoms with van der Waals surface area (Å²) in [6.07, 6.45) is 1.64. The van der Waals surface area contributed by atoms with E-state index in [1.165, 1.54) is 0 Å². The van der Waals surface area contributed by atoms with Crippen molar-refractivity contribution in [2.75, 3.05) is 39.4 Å². The number of hydrogen-bond acceptors (Lipinski definition) is 5. The number of aromatic hydroxyl groups is 1. The van der Waals surface area contributed by atoms with Gasteiger partial charge in [0.15, 0.2) is 5.11 Å². The number of thiocarbonyl (C=S) groups is 1. The molecule has 0 bridgehead atoms. The molecule has 2 rings (SSSR count). The molecule has 0 amide bonds. The molecule has 3 N–H and O–H groups in total. The van der Waals surface area contributed by atoms with Crippen LogP contribution in [0.1, 0.15) is 5.56 Å². The Bertz CT molecular complexity index is 536. The quantitative estimate of drug-likeness (QED) is 0.402. The van der Waals surface area contributed by atoms with Gasteiger partial charge in [-0.25, -0.2) is 0 Å². The molecule has 120 valence electrons. The summed E-state index contributed by atoms with van der Waals surface area (Å²) in [6, 6.07) is 5.14. The van der Waals surface area contributed by atoms with E-state index in [0.717, 1.165) is 45.0 Å². The fourth-order valence-electron chi connectivity index (χ4n) is 1.96. The number of hydrogen-bond donors (Lipinski definition) is 3. The zero-order chi connectivity index (χ0) is 15.8. The van der Waals surface area contributed by atoms with Gasteiger partial charge >= 0.3 is 0 Å². The van der Waals surface area contributed by atoms with Crippen molar-refractivity contribution in [1.29, 1.82) is 0 Å². The Labute approximate surface area is 143 Å². The van der Waals surface area contributed by atoms with Gasteiger partial charge in [-0.3, -0.25) is 10.3 Å². The van der Waals surface area contributed by atoms with Gasteiger partial charge in [0, 0.05) is 26.2 Å². The topological polar surface area (TPSA) is 69.1 Å². The van der Waals surface area contributed by atoms with E-state index in [4.69, 9.17) is 17.0 Å². The number of ether oxygens (including phenoxy) is 1. The van der Waals surface area contributed by atoms with Crippen LogP contribution in [0, 0.1) is 0 Å². The lowest BCUT2D eigenvalue weighted by Gasteiger charge is -2.26. The van der Waals surface area contributed by atoms with E-state index < -0.39 is 0 Å². The van der Waals surface area contributed by atoms with E-state index >= 15 is 0 Å². The van der Waals surface area contributed by atoms with Crippen LogP contribution in [-0.2, 0) is 4.74 Å². The maximum atomic E-state index is 9.41. The lowest BCUT2D eigenvalue weighted by atomic mass is 10.2. The first-order chi connectivity index (χ1) is 10.6. The van der Waals surface area contributed by atoms with Gasteiger partial charge in [-0.15, -0.1) is 0 Å². The number of rotatable bonds is 5. The first-order valence-corrected chi connectivity index (χ1v) is 8.21. The van der Waals surface area contributed by atoms with E-state index in [2.05, 4.69) is 36.7 Å². The largest absolute Gasteiger partial charge is 0.507 e. The number of phenols is 1. The van der Waals surface area contributed by atoms with Crippen molar-refractivity contribution in [3.63, 3.8) is 0 Å². The van der Waals surface area contributed by atoms with Crippen molar-refractivity contribution in [2.24, 2.45) is 5.10 Å². The van der Waals surface area contributed by atoms with Crippen LogP contribution in [0.4, 0.5) is 0 Å². The summed E-state index contributed by atoms with van der Waals surface area (Å²) in [5.41, 5.74) is 3.63. The Morgan fingerprint density at radius 2 is 2.23 bits per heavy atom. The molecule has 8 heteroatoms. The van der Waals surface area contributed by atoms with Gasteiger partial charge in [0.25, 0.3) is 0 Å². The second-order valence-electron chi connectivity index (χ2n) is 4.79. The van der Waals surface area contributed by atoms with Crippen LogP contribution in [0.3, 0.4) is 0 Å². The second kappa shape index (κ2) is 9.04. The molecular formula is C14H19BrN4O2S. The Morgan fingerprint density at radius 3 is 2.95 bits per heavy atom. The SMILES string of the molecule is Oc1ccc(/C=N/NC(=S)NCCN2CCOCC2)cc1Br. The molecule has 0 aliphatic carbocycles. The van der Waals surface area contributed by atoms with E-state index in [1.54, 1.807) is 24.4 Å². The smallest absolute Gasteiger partial charge is 0.187 e. The van der Waals surface area contributed by atoms with Crippen molar-refractivity contribution >= 4 is 39.5 Å². The first-order valence-electron chi connectivity index (χ1n) is 7.00. The maximum absolute atomic E-state index is 9.41. The molecule has 1 aromatic carbocycles.